The summed E-state index contributed by atoms with van der Waals surface area (Å²) in [7, 11) is 0. The Morgan fingerprint density at radius 3 is 2.83 bits per heavy atom. The molecule has 5 nitrogen and oxygen atoms in total. The zero-order chi connectivity index (χ0) is 13.5. The third kappa shape index (κ3) is 4.49. The number of carboxylic acids is 1. The molecule has 102 valence electrons. The van der Waals surface area contributed by atoms with Crippen molar-refractivity contribution in [2.24, 2.45) is 0 Å². The molecule has 0 aliphatic heterocycles. The van der Waals surface area contributed by atoms with Crippen LogP contribution in [-0.2, 0) is 17.9 Å². The van der Waals surface area contributed by atoms with Gasteiger partial charge in [-0.25, -0.2) is 0 Å². The SMILES string of the molecule is CCn1nccc1CN(CCCC(=O)O)C(C)C. The summed E-state index contributed by atoms with van der Waals surface area (Å²) in [5, 5.41) is 12.9. The lowest BCUT2D eigenvalue weighted by atomic mass is 10.2. The van der Waals surface area contributed by atoms with Crippen LogP contribution in [0.1, 0.15) is 39.3 Å². The fraction of sp³-hybridized carbons (Fsp3) is 0.692. The second kappa shape index (κ2) is 7.16. The molecule has 0 amide bonds. The third-order valence-corrected chi connectivity index (χ3v) is 3.04. The van der Waals surface area contributed by atoms with Crippen molar-refractivity contribution in [1.29, 1.82) is 0 Å². The van der Waals surface area contributed by atoms with Gasteiger partial charge in [-0.3, -0.25) is 14.4 Å². The highest BCUT2D eigenvalue weighted by Crippen LogP contribution is 2.09. The Labute approximate surface area is 108 Å². The van der Waals surface area contributed by atoms with Crippen molar-refractivity contribution in [2.45, 2.75) is 52.7 Å². The van der Waals surface area contributed by atoms with E-state index in [4.69, 9.17) is 5.11 Å². The minimum Gasteiger partial charge on any atom is -0.481 e. The van der Waals surface area contributed by atoms with Gasteiger partial charge in [0, 0.05) is 31.7 Å². The quantitative estimate of drug-likeness (QED) is 0.769. The van der Waals surface area contributed by atoms with E-state index in [1.807, 2.05) is 16.9 Å². The maximum Gasteiger partial charge on any atom is 0.303 e. The van der Waals surface area contributed by atoms with Gasteiger partial charge in [-0.1, -0.05) is 0 Å². The van der Waals surface area contributed by atoms with E-state index in [1.54, 1.807) is 0 Å². The Morgan fingerprint density at radius 2 is 2.28 bits per heavy atom. The highest BCUT2D eigenvalue weighted by Gasteiger charge is 2.13. The smallest absolute Gasteiger partial charge is 0.303 e. The van der Waals surface area contributed by atoms with E-state index < -0.39 is 5.97 Å². The van der Waals surface area contributed by atoms with Gasteiger partial charge < -0.3 is 5.11 Å². The van der Waals surface area contributed by atoms with Crippen LogP contribution in [0.25, 0.3) is 0 Å². The summed E-state index contributed by atoms with van der Waals surface area (Å²) in [6.07, 6.45) is 2.73. The number of hydrogen-bond donors (Lipinski definition) is 1. The standard InChI is InChI=1S/C13H23N3O2/c1-4-16-12(7-8-14-16)10-15(11(2)3)9-5-6-13(17)18/h7-8,11H,4-6,9-10H2,1-3H3,(H,17,18). The minimum atomic E-state index is -0.725. The number of nitrogens with zero attached hydrogens (tertiary/aromatic N) is 3. The van der Waals surface area contributed by atoms with Gasteiger partial charge in [-0.2, -0.15) is 5.10 Å². The Morgan fingerprint density at radius 1 is 1.56 bits per heavy atom. The second-order valence-corrected chi connectivity index (χ2v) is 4.70. The van der Waals surface area contributed by atoms with E-state index in [-0.39, 0.29) is 6.42 Å². The molecule has 0 unspecified atom stereocenters. The summed E-state index contributed by atoms with van der Waals surface area (Å²) in [6, 6.07) is 2.43. The largest absolute Gasteiger partial charge is 0.481 e. The molecule has 1 aromatic heterocycles. The van der Waals surface area contributed by atoms with Gasteiger partial charge in [0.05, 0.1) is 5.69 Å². The van der Waals surface area contributed by atoms with Crippen molar-refractivity contribution < 1.29 is 9.90 Å². The Kier molecular flexibility index (Phi) is 5.85. The number of rotatable bonds is 8. The summed E-state index contributed by atoms with van der Waals surface area (Å²) in [5.74, 6) is -0.725. The number of aromatic nitrogens is 2. The molecule has 1 rings (SSSR count). The van der Waals surface area contributed by atoms with Crippen molar-refractivity contribution >= 4 is 5.97 Å². The average molecular weight is 253 g/mol. The highest BCUT2D eigenvalue weighted by atomic mass is 16.4. The summed E-state index contributed by atoms with van der Waals surface area (Å²) in [4.78, 5) is 12.8. The zero-order valence-electron chi connectivity index (χ0n) is 11.5. The average Bonchev–Trinajstić information content (AvgIpc) is 2.74. The predicted molar refractivity (Wildman–Crippen MR) is 70.3 cm³/mol. The number of aliphatic carboxylic acids is 1. The van der Waals surface area contributed by atoms with Gasteiger partial charge in [-0.15, -0.1) is 0 Å². The molecule has 0 aliphatic carbocycles. The number of aryl methyl sites for hydroxylation is 1. The first kappa shape index (κ1) is 14.7. The van der Waals surface area contributed by atoms with Crippen LogP contribution in [0.2, 0.25) is 0 Å². The van der Waals surface area contributed by atoms with Crippen LogP contribution >= 0.6 is 0 Å². The van der Waals surface area contributed by atoms with E-state index in [0.29, 0.717) is 12.5 Å². The molecule has 5 heteroatoms. The summed E-state index contributed by atoms with van der Waals surface area (Å²) < 4.78 is 1.98. The van der Waals surface area contributed by atoms with Gasteiger partial charge in [0.15, 0.2) is 0 Å². The van der Waals surface area contributed by atoms with E-state index in [0.717, 1.165) is 19.6 Å². The molecule has 0 bridgehead atoms. The first-order valence-electron chi connectivity index (χ1n) is 6.51. The molecule has 1 heterocycles. The van der Waals surface area contributed by atoms with Crippen molar-refractivity contribution in [3.05, 3.63) is 18.0 Å². The highest BCUT2D eigenvalue weighted by molar-refractivity contribution is 5.66. The van der Waals surface area contributed by atoms with Gasteiger partial charge in [0.2, 0.25) is 0 Å². The molecule has 0 saturated carbocycles. The van der Waals surface area contributed by atoms with Gasteiger partial charge in [0.25, 0.3) is 0 Å². The molecule has 0 fully saturated rings. The first-order valence-corrected chi connectivity index (χ1v) is 6.51. The normalized spacial score (nSPS) is 11.4. The molecule has 0 radical (unpaired) electrons. The summed E-state index contributed by atoms with van der Waals surface area (Å²) >= 11 is 0. The summed E-state index contributed by atoms with van der Waals surface area (Å²) in [5.41, 5.74) is 1.18. The third-order valence-electron chi connectivity index (χ3n) is 3.04. The minimum absolute atomic E-state index is 0.232. The Bertz CT molecular complexity index is 374. The molecule has 0 saturated heterocycles. The zero-order valence-corrected chi connectivity index (χ0v) is 11.5. The number of hydrogen-bond acceptors (Lipinski definition) is 3. The molecule has 0 aliphatic rings. The first-order chi connectivity index (χ1) is 8.54. The van der Waals surface area contributed by atoms with Crippen molar-refractivity contribution in [2.75, 3.05) is 6.54 Å². The molecule has 1 aromatic rings. The van der Waals surface area contributed by atoms with Gasteiger partial charge in [-0.05, 0) is 39.8 Å². The van der Waals surface area contributed by atoms with Crippen LogP contribution < -0.4 is 0 Å². The number of carbonyl (C=O) groups is 1. The molecular weight excluding hydrogens is 230 g/mol. The fourth-order valence-electron chi connectivity index (χ4n) is 1.94. The van der Waals surface area contributed by atoms with Crippen LogP contribution in [-0.4, -0.2) is 38.3 Å². The maximum atomic E-state index is 10.5. The van der Waals surface area contributed by atoms with E-state index in [2.05, 4.69) is 30.8 Å². The molecule has 1 N–H and O–H groups in total. The van der Waals surface area contributed by atoms with E-state index >= 15 is 0 Å². The van der Waals surface area contributed by atoms with E-state index in [1.165, 1.54) is 5.69 Å². The van der Waals surface area contributed by atoms with Crippen molar-refractivity contribution in [3.63, 3.8) is 0 Å². The summed E-state index contributed by atoms with van der Waals surface area (Å²) in [6.45, 7) is 8.83. The van der Waals surface area contributed by atoms with Crippen molar-refractivity contribution in [3.8, 4) is 0 Å². The molecule has 0 aromatic carbocycles. The lowest BCUT2D eigenvalue weighted by molar-refractivity contribution is -0.137. The fourth-order valence-corrected chi connectivity index (χ4v) is 1.94. The predicted octanol–water partition coefficient (Wildman–Crippen LogP) is 1.98. The maximum absolute atomic E-state index is 10.5. The monoisotopic (exact) mass is 253 g/mol. The molecular formula is C13H23N3O2. The Hall–Kier alpha value is -1.36. The second-order valence-electron chi connectivity index (χ2n) is 4.70. The van der Waals surface area contributed by atoms with Crippen LogP contribution in [0.5, 0.6) is 0 Å². The van der Waals surface area contributed by atoms with Crippen LogP contribution in [0.15, 0.2) is 12.3 Å². The molecule has 18 heavy (non-hydrogen) atoms. The van der Waals surface area contributed by atoms with Crippen LogP contribution in [0, 0.1) is 0 Å². The van der Waals surface area contributed by atoms with Crippen molar-refractivity contribution in [1.82, 2.24) is 14.7 Å². The van der Waals surface area contributed by atoms with Crippen LogP contribution in [0.3, 0.4) is 0 Å². The van der Waals surface area contributed by atoms with Gasteiger partial charge in [0.1, 0.15) is 0 Å². The lowest BCUT2D eigenvalue weighted by Crippen LogP contribution is -2.32. The van der Waals surface area contributed by atoms with E-state index in [9.17, 15) is 4.79 Å². The lowest BCUT2D eigenvalue weighted by Gasteiger charge is -2.26. The molecule has 0 spiro atoms. The Balaban J connectivity index is 2.55. The molecule has 0 atom stereocenters. The van der Waals surface area contributed by atoms with Crippen LogP contribution in [0.4, 0.5) is 0 Å². The number of carboxylic acid groups (broad SMARTS) is 1. The topological polar surface area (TPSA) is 58.4 Å². The van der Waals surface area contributed by atoms with Gasteiger partial charge >= 0.3 is 5.97 Å².